The highest BCUT2D eigenvalue weighted by atomic mass is 31.2. The van der Waals surface area contributed by atoms with Crippen LogP contribution in [-0.2, 0) is 13.6 Å². The summed E-state index contributed by atoms with van der Waals surface area (Å²) in [7, 11) is -3.18. The van der Waals surface area contributed by atoms with Gasteiger partial charge in [0.05, 0.1) is 18.5 Å². The molecule has 0 aliphatic heterocycles. The fourth-order valence-corrected chi connectivity index (χ4v) is 5.05. The van der Waals surface area contributed by atoms with Crippen molar-refractivity contribution < 1.29 is 13.6 Å². The zero-order chi connectivity index (χ0) is 21.2. The highest BCUT2D eigenvalue weighted by Crippen LogP contribution is 2.46. The number of hydrogen-bond donors (Lipinski definition) is 1. The van der Waals surface area contributed by atoms with Gasteiger partial charge in [-0.2, -0.15) is 0 Å². The van der Waals surface area contributed by atoms with Gasteiger partial charge in [-0.05, 0) is 44.5 Å². The Morgan fingerprint density at radius 3 is 1.59 bits per heavy atom. The summed E-state index contributed by atoms with van der Waals surface area (Å²) in [6, 6.07) is 7.61. The van der Waals surface area contributed by atoms with Crippen molar-refractivity contribution in [1.82, 2.24) is 0 Å². The van der Waals surface area contributed by atoms with Gasteiger partial charge in [-0.1, -0.05) is 77.6 Å². The van der Waals surface area contributed by atoms with Crippen LogP contribution in [0.2, 0.25) is 0 Å². The quantitative estimate of drug-likeness (QED) is 0.182. The standard InChI is InChI=1S/C24H44NO3P/c1-4-7-8-9-10-11-12-13-14-15-16-17-22-25-23-18-20-24(21-19-23)29(26,27-5-2)28-6-3/h18-21,25H,4-17,22H2,1-3H3. The van der Waals surface area contributed by atoms with Gasteiger partial charge in [0.25, 0.3) is 0 Å². The van der Waals surface area contributed by atoms with Crippen molar-refractivity contribution in [3.05, 3.63) is 24.3 Å². The lowest BCUT2D eigenvalue weighted by molar-refractivity contribution is 0.230. The largest absolute Gasteiger partial charge is 0.385 e. The van der Waals surface area contributed by atoms with Gasteiger partial charge in [0.15, 0.2) is 0 Å². The molecule has 0 saturated carbocycles. The summed E-state index contributed by atoms with van der Waals surface area (Å²) in [6.45, 7) is 7.65. The molecule has 5 heteroatoms. The summed E-state index contributed by atoms with van der Waals surface area (Å²) in [4.78, 5) is 0. The Hall–Kier alpha value is -0.830. The van der Waals surface area contributed by atoms with Crippen molar-refractivity contribution in [1.29, 1.82) is 0 Å². The Balaban J connectivity index is 2.10. The lowest BCUT2D eigenvalue weighted by Crippen LogP contribution is -2.11. The van der Waals surface area contributed by atoms with Gasteiger partial charge >= 0.3 is 7.60 Å². The minimum Gasteiger partial charge on any atom is -0.385 e. The van der Waals surface area contributed by atoms with Gasteiger partial charge in [0, 0.05) is 12.2 Å². The van der Waals surface area contributed by atoms with Crippen LogP contribution in [0.5, 0.6) is 0 Å². The first-order valence-electron chi connectivity index (χ1n) is 11.9. The van der Waals surface area contributed by atoms with Gasteiger partial charge in [-0.15, -0.1) is 0 Å². The average molecular weight is 426 g/mol. The third-order valence-electron chi connectivity index (χ3n) is 5.14. The van der Waals surface area contributed by atoms with Gasteiger partial charge in [-0.25, -0.2) is 0 Å². The van der Waals surface area contributed by atoms with Gasteiger partial charge < -0.3 is 14.4 Å². The van der Waals surface area contributed by atoms with Gasteiger partial charge in [0.2, 0.25) is 0 Å². The van der Waals surface area contributed by atoms with Crippen LogP contribution in [0.4, 0.5) is 5.69 Å². The molecule has 1 N–H and O–H groups in total. The van der Waals surface area contributed by atoms with E-state index in [1.54, 1.807) is 0 Å². The Morgan fingerprint density at radius 1 is 0.690 bits per heavy atom. The molecule has 0 aromatic heterocycles. The Bertz CT molecular complexity index is 538. The van der Waals surface area contributed by atoms with Crippen LogP contribution >= 0.6 is 7.60 Å². The molecule has 0 bridgehead atoms. The minimum absolute atomic E-state index is 0.371. The zero-order valence-corrected chi connectivity index (χ0v) is 20.0. The number of unbranched alkanes of at least 4 members (excludes halogenated alkanes) is 11. The van der Waals surface area contributed by atoms with Crippen molar-refractivity contribution in [3.8, 4) is 0 Å². The van der Waals surface area contributed by atoms with Crippen LogP contribution in [0, 0.1) is 0 Å². The predicted octanol–water partition coefficient (Wildman–Crippen LogP) is 7.69. The van der Waals surface area contributed by atoms with E-state index in [1.807, 2.05) is 38.1 Å². The van der Waals surface area contributed by atoms with Crippen molar-refractivity contribution in [2.24, 2.45) is 0 Å². The summed E-state index contributed by atoms with van der Waals surface area (Å²) < 4.78 is 23.5. The van der Waals surface area contributed by atoms with E-state index < -0.39 is 7.60 Å². The second kappa shape index (κ2) is 16.9. The lowest BCUT2D eigenvalue weighted by atomic mass is 10.1. The number of nitrogens with one attached hydrogen (secondary N) is 1. The third-order valence-corrected chi connectivity index (χ3v) is 7.27. The fraction of sp³-hybridized carbons (Fsp3) is 0.750. The molecule has 0 atom stereocenters. The molecule has 0 unspecified atom stereocenters. The summed E-state index contributed by atoms with van der Waals surface area (Å²) in [5, 5.41) is 4.07. The topological polar surface area (TPSA) is 47.6 Å². The highest BCUT2D eigenvalue weighted by molar-refractivity contribution is 7.62. The smallest absolute Gasteiger partial charge is 0.361 e. The molecule has 1 aromatic carbocycles. The molecule has 4 nitrogen and oxygen atoms in total. The first-order valence-corrected chi connectivity index (χ1v) is 13.4. The van der Waals surface area contributed by atoms with E-state index in [1.165, 1.54) is 77.0 Å². The van der Waals surface area contributed by atoms with E-state index in [0.29, 0.717) is 18.5 Å². The number of anilines is 1. The maximum Gasteiger partial charge on any atom is 0.361 e. The Kier molecular flexibility index (Phi) is 15.3. The molecule has 0 aliphatic carbocycles. The minimum atomic E-state index is -3.18. The van der Waals surface area contributed by atoms with Crippen molar-refractivity contribution >= 4 is 18.6 Å². The molecule has 0 saturated heterocycles. The van der Waals surface area contributed by atoms with E-state index in [0.717, 1.165) is 12.2 Å². The molecule has 0 amide bonds. The average Bonchev–Trinajstić information content (AvgIpc) is 2.72. The van der Waals surface area contributed by atoms with E-state index in [9.17, 15) is 4.57 Å². The molecule has 0 aliphatic rings. The van der Waals surface area contributed by atoms with Gasteiger partial charge in [-0.3, -0.25) is 4.57 Å². The maximum atomic E-state index is 12.7. The zero-order valence-electron chi connectivity index (χ0n) is 19.1. The number of benzene rings is 1. The molecule has 0 fully saturated rings. The van der Waals surface area contributed by atoms with Crippen molar-refractivity contribution in [2.45, 2.75) is 97.8 Å². The van der Waals surface area contributed by atoms with Crippen LogP contribution in [0.25, 0.3) is 0 Å². The van der Waals surface area contributed by atoms with Crippen LogP contribution in [-0.4, -0.2) is 19.8 Å². The Labute approximate surface area is 179 Å². The third kappa shape index (κ3) is 11.8. The molecule has 168 valence electrons. The summed E-state index contributed by atoms with van der Waals surface area (Å²) in [6.07, 6.45) is 16.4. The maximum absolute atomic E-state index is 12.7. The van der Waals surface area contributed by atoms with E-state index in [-0.39, 0.29) is 0 Å². The predicted molar refractivity (Wildman–Crippen MR) is 127 cm³/mol. The summed E-state index contributed by atoms with van der Waals surface area (Å²) in [5.74, 6) is 0. The summed E-state index contributed by atoms with van der Waals surface area (Å²) >= 11 is 0. The molecular weight excluding hydrogens is 381 g/mol. The van der Waals surface area contributed by atoms with Crippen molar-refractivity contribution in [3.63, 3.8) is 0 Å². The second-order valence-corrected chi connectivity index (χ2v) is 9.72. The SMILES string of the molecule is CCCCCCCCCCCCCCNc1ccc(P(=O)(OCC)OCC)cc1. The molecule has 29 heavy (non-hydrogen) atoms. The number of rotatable bonds is 19. The molecule has 1 aromatic rings. The first kappa shape index (κ1) is 26.2. The monoisotopic (exact) mass is 425 g/mol. The summed E-state index contributed by atoms with van der Waals surface area (Å²) in [5.41, 5.74) is 1.05. The normalized spacial score (nSPS) is 11.7. The fourth-order valence-electron chi connectivity index (χ4n) is 3.49. The van der Waals surface area contributed by atoms with Crippen LogP contribution in [0.3, 0.4) is 0 Å². The molecule has 0 spiro atoms. The molecular formula is C24H44NO3P. The molecule has 0 heterocycles. The van der Waals surface area contributed by atoms with Crippen molar-refractivity contribution in [2.75, 3.05) is 25.1 Å². The van der Waals surface area contributed by atoms with E-state index in [4.69, 9.17) is 9.05 Å². The van der Waals surface area contributed by atoms with E-state index >= 15 is 0 Å². The molecule has 0 radical (unpaired) electrons. The highest BCUT2D eigenvalue weighted by Gasteiger charge is 2.26. The first-order chi connectivity index (χ1) is 14.2. The Morgan fingerprint density at radius 2 is 1.14 bits per heavy atom. The van der Waals surface area contributed by atoms with E-state index in [2.05, 4.69) is 12.2 Å². The second-order valence-electron chi connectivity index (χ2n) is 7.70. The lowest BCUT2D eigenvalue weighted by Gasteiger charge is -2.17. The van der Waals surface area contributed by atoms with Crippen LogP contribution in [0.1, 0.15) is 97.8 Å². The van der Waals surface area contributed by atoms with Gasteiger partial charge in [0.1, 0.15) is 0 Å². The molecule has 1 rings (SSSR count). The van der Waals surface area contributed by atoms with Crippen LogP contribution < -0.4 is 10.6 Å². The number of hydrogen-bond acceptors (Lipinski definition) is 4. The van der Waals surface area contributed by atoms with Crippen LogP contribution in [0.15, 0.2) is 24.3 Å².